The van der Waals surface area contributed by atoms with Crippen molar-refractivity contribution in [3.8, 4) is 0 Å². The highest BCUT2D eigenvalue weighted by atomic mass is 16.3. The highest BCUT2D eigenvalue weighted by molar-refractivity contribution is 5.75. The fraction of sp³-hybridized carbons (Fsp3) is 0.421. The quantitative estimate of drug-likeness (QED) is 0.887. The summed E-state index contributed by atoms with van der Waals surface area (Å²) < 4.78 is 2.22. The number of urea groups is 1. The molecule has 1 aliphatic heterocycles. The number of hydrogen-bond donors (Lipinski definition) is 2. The van der Waals surface area contributed by atoms with Gasteiger partial charge in [-0.15, -0.1) is 0 Å². The maximum Gasteiger partial charge on any atom is 0.318 e. The summed E-state index contributed by atoms with van der Waals surface area (Å²) in [5.74, 6) is 0. The van der Waals surface area contributed by atoms with Crippen LogP contribution in [0.1, 0.15) is 37.1 Å². The van der Waals surface area contributed by atoms with Gasteiger partial charge in [-0.2, -0.15) is 0 Å². The Kier molecular flexibility index (Phi) is 5.20. The van der Waals surface area contributed by atoms with Crippen LogP contribution in [0.15, 0.2) is 48.7 Å². The van der Waals surface area contributed by atoms with E-state index >= 15 is 0 Å². The van der Waals surface area contributed by atoms with Crippen molar-refractivity contribution in [3.63, 3.8) is 0 Å². The number of benzene rings is 1. The van der Waals surface area contributed by atoms with Crippen LogP contribution in [0.25, 0.3) is 0 Å². The van der Waals surface area contributed by atoms with Crippen LogP contribution in [0.4, 0.5) is 4.79 Å². The molecule has 5 nitrogen and oxygen atoms in total. The summed E-state index contributed by atoms with van der Waals surface area (Å²) in [4.78, 5) is 14.7. The lowest BCUT2D eigenvalue weighted by atomic mass is 10.0. The van der Waals surface area contributed by atoms with Gasteiger partial charge in [0.05, 0.1) is 6.04 Å². The first-order valence-electron chi connectivity index (χ1n) is 8.58. The Morgan fingerprint density at radius 3 is 2.79 bits per heavy atom. The number of aromatic nitrogens is 1. The van der Waals surface area contributed by atoms with E-state index in [1.54, 1.807) is 0 Å². The first-order chi connectivity index (χ1) is 11.7. The molecule has 2 heterocycles. The molecule has 0 saturated carbocycles. The molecule has 0 aliphatic carbocycles. The van der Waals surface area contributed by atoms with Crippen LogP contribution < -0.4 is 5.32 Å². The van der Waals surface area contributed by atoms with Crippen LogP contribution in [-0.2, 0) is 6.54 Å². The van der Waals surface area contributed by atoms with Gasteiger partial charge in [0, 0.05) is 37.6 Å². The molecule has 0 radical (unpaired) electrons. The lowest BCUT2D eigenvalue weighted by molar-refractivity contribution is 0.164. The summed E-state index contributed by atoms with van der Waals surface area (Å²) in [5, 5.41) is 12.0. The number of fused-ring (bicyclic) bond motifs is 1. The summed E-state index contributed by atoms with van der Waals surface area (Å²) in [6.45, 7) is 3.63. The van der Waals surface area contributed by atoms with Crippen molar-refractivity contribution < 1.29 is 9.90 Å². The molecular formula is C19H25N3O2. The third-order valence-electron chi connectivity index (χ3n) is 4.58. The van der Waals surface area contributed by atoms with Crippen molar-refractivity contribution >= 4 is 6.03 Å². The van der Waals surface area contributed by atoms with E-state index < -0.39 is 0 Å². The van der Waals surface area contributed by atoms with Gasteiger partial charge in [0.1, 0.15) is 0 Å². The number of hydrogen-bond acceptors (Lipinski definition) is 2. The van der Waals surface area contributed by atoms with Crippen LogP contribution >= 0.6 is 0 Å². The molecule has 24 heavy (non-hydrogen) atoms. The van der Waals surface area contributed by atoms with Gasteiger partial charge in [-0.25, -0.2) is 4.79 Å². The standard InChI is InChI=1S/C19H25N3O2/c1-15(7-6-14-23)20-19(24)22-13-12-21-11-5-10-17(21)18(22)16-8-3-2-4-9-16/h2-5,8-11,15,18,23H,6-7,12-14H2,1H3,(H,20,24). The van der Waals surface area contributed by atoms with Gasteiger partial charge in [-0.1, -0.05) is 30.3 Å². The summed E-state index contributed by atoms with van der Waals surface area (Å²) in [7, 11) is 0. The van der Waals surface area contributed by atoms with Crippen LogP contribution in [0.5, 0.6) is 0 Å². The molecule has 1 aliphatic rings. The molecule has 0 fully saturated rings. The molecule has 2 N–H and O–H groups in total. The predicted molar refractivity (Wildman–Crippen MR) is 93.7 cm³/mol. The van der Waals surface area contributed by atoms with E-state index in [1.165, 1.54) is 0 Å². The number of nitrogens with one attached hydrogen (secondary N) is 1. The predicted octanol–water partition coefficient (Wildman–Crippen LogP) is 2.76. The Labute approximate surface area is 142 Å². The zero-order valence-corrected chi connectivity index (χ0v) is 14.1. The molecule has 2 aromatic rings. The van der Waals surface area contributed by atoms with E-state index in [-0.39, 0.29) is 24.7 Å². The van der Waals surface area contributed by atoms with E-state index in [4.69, 9.17) is 5.11 Å². The number of amides is 2. The molecule has 1 aromatic heterocycles. The Morgan fingerprint density at radius 1 is 1.25 bits per heavy atom. The average Bonchev–Trinajstić information content (AvgIpc) is 3.08. The van der Waals surface area contributed by atoms with Crippen molar-refractivity contribution in [1.82, 2.24) is 14.8 Å². The highest BCUT2D eigenvalue weighted by Gasteiger charge is 2.32. The minimum Gasteiger partial charge on any atom is -0.396 e. The summed E-state index contributed by atoms with van der Waals surface area (Å²) >= 11 is 0. The topological polar surface area (TPSA) is 57.5 Å². The van der Waals surface area contributed by atoms with E-state index in [0.717, 1.165) is 24.2 Å². The highest BCUT2D eigenvalue weighted by Crippen LogP contribution is 2.32. The number of rotatable bonds is 5. The van der Waals surface area contributed by atoms with Gasteiger partial charge in [-0.05, 0) is 37.5 Å². The molecule has 3 rings (SSSR count). The van der Waals surface area contributed by atoms with Gasteiger partial charge in [0.2, 0.25) is 0 Å². The number of carbonyl (C=O) groups is 1. The van der Waals surface area contributed by atoms with Crippen LogP contribution in [0.2, 0.25) is 0 Å². The monoisotopic (exact) mass is 327 g/mol. The van der Waals surface area contributed by atoms with Crippen LogP contribution in [-0.4, -0.2) is 39.8 Å². The third-order valence-corrected chi connectivity index (χ3v) is 4.58. The molecule has 0 spiro atoms. The van der Waals surface area contributed by atoms with Gasteiger partial charge < -0.3 is 19.9 Å². The Bertz CT molecular complexity index is 668. The first-order valence-corrected chi connectivity index (χ1v) is 8.58. The maximum atomic E-state index is 12.8. The number of aliphatic hydroxyl groups is 1. The lowest BCUT2D eigenvalue weighted by Crippen LogP contribution is -2.49. The van der Waals surface area contributed by atoms with E-state index in [0.29, 0.717) is 13.0 Å². The number of carbonyl (C=O) groups excluding carboxylic acids is 1. The molecule has 0 saturated heterocycles. The molecule has 128 valence electrons. The molecule has 0 bridgehead atoms. The third kappa shape index (κ3) is 3.46. The van der Waals surface area contributed by atoms with Crippen molar-refractivity contribution in [2.24, 2.45) is 0 Å². The van der Waals surface area contributed by atoms with E-state index in [2.05, 4.69) is 34.3 Å². The first kappa shape index (κ1) is 16.6. The second-order valence-corrected chi connectivity index (χ2v) is 6.35. The summed E-state index contributed by atoms with van der Waals surface area (Å²) in [6.07, 6.45) is 3.55. The normalized spacial score (nSPS) is 18.1. The van der Waals surface area contributed by atoms with Crippen molar-refractivity contribution in [1.29, 1.82) is 0 Å². The summed E-state index contributed by atoms with van der Waals surface area (Å²) in [6, 6.07) is 14.2. The largest absolute Gasteiger partial charge is 0.396 e. The number of nitrogens with zero attached hydrogens (tertiary/aromatic N) is 2. The van der Waals surface area contributed by atoms with Gasteiger partial charge in [-0.3, -0.25) is 0 Å². The van der Waals surface area contributed by atoms with E-state index in [1.807, 2.05) is 36.1 Å². The fourth-order valence-electron chi connectivity index (χ4n) is 3.35. The van der Waals surface area contributed by atoms with Crippen LogP contribution in [0, 0.1) is 0 Å². The smallest absolute Gasteiger partial charge is 0.318 e. The molecule has 2 atom stereocenters. The Hall–Kier alpha value is -2.27. The molecule has 2 unspecified atom stereocenters. The van der Waals surface area contributed by atoms with E-state index in [9.17, 15) is 4.79 Å². The average molecular weight is 327 g/mol. The fourth-order valence-corrected chi connectivity index (χ4v) is 3.35. The lowest BCUT2D eigenvalue weighted by Gasteiger charge is -2.38. The van der Waals surface area contributed by atoms with Gasteiger partial charge in [0.15, 0.2) is 0 Å². The van der Waals surface area contributed by atoms with Gasteiger partial charge >= 0.3 is 6.03 Å². The Morgan fingerprint density at radius 2 is 2.04 bits per heavy atom. The SMILES string of the molecule is CC(CCCO)NC(=O)N1CCn2cccc2C1c1ccccc1. The van der Waals surface area contributed by atoms with Crippen LogP contribution in [0.3, 0.4) is 0 Å². The number of aliphatic hydroxyl groups excluding tert-OH is 1. The van der Waals surface area contributed by atoms with Crippen molar-refractivity contribution in [2.75, 3.05) is 13.2 Å². The molecular weight excluding hydrogens is 302 g/mol. The van der Waals surface area contributed by atoms with Crippen molar-refractivity contribution in [2.45, 2.75) is 38.4 Å². The van der Waals surface area contributed by atoms with Gasteiger partial charge in [0.25, 0.3) is 0 Å². The second-order valence-electron chi connectivity index (χ2n) is 6.35. The van der Waals surface area contributed by atoms with Crippen molar-refractivity contribution in [3.05, 3.63) is 59.9 Å². The zero-order valence-electron chi connectivity index (χ0n) is 14.1. The summed E-state index contributed by atoms with van der Waals surface area (Å²) in [5.41, 5.74) is 2.26. The molecule has 2 amide bonds. The maximum absolute atomic E-state index is 12.8. The molecule has 5 heteroatoms. The minimum absolute atomic E-state index is 0.0401. The molecule has 1 aromatic carbocycles. The Balaban J connectivity index is 1.82. The minimum atomic E-state index is -0.0695. The second kappa shape index (κ2) is 7.53. The zero-order chi connectivity index (χ0) is 16.9.